The molecule has 1 aromatic carbocycles. The van der Waals surface area contributed by atoms with Gasteiger partial charge in [0.05, 0.1) is 23.9 Å². The van der Waals surface area contributed by atoms with Crippen molar-refractivity contribution in [2.24, 2.45) is 5.10 Å². The molecule has 0 radical (unpaired) electrons. The Balaban J connectivity index is 2.47. The van der Waals surface area contributed by atoms with Crippen molar-refractivity contribution in [1.82, 2.24) is 0 Å². The van der Waals surface area contributed by atoms with Gasteiger partial charge in [-0.3, -0.25) is 0 Å². The largest absolute Gasteiger partial charge is 0.464 e. The first-order valence-corrected chi connectivity index (χ1v) is 8.19. The fourth-order valence-corrected chi connectivity index (χ4v) is 2.86. The molecule has 0 bridgehead atoms. The molecule has 0 aromatic heterocycles. The van der Waals surface area contributed by atoms with Crippen molar-refractivity contribution >= 4 is 34.9 Å². The highest BCUT2D eigenvalue weighted by molar-refractivity contribution is 6.39. The molecule has 2 rings (SSSR count). The standard InChI is InChI=1S/C17H21ClN2O4/c1-5-23-15(21)13-10-17(4,16(22)24-6-2)20(19-13)14-8-7-11(3)9-12(14)18/h7-9H,5-6,10H2,1-4H3. The molecule has 1 aromatic rings. The van der Waals surface area contributed by atoms with Crippen LogP contribution in [0.4, 0.5) is 5.69 Å². The molecule has 130 valence electrons. The van der Waals surface area contributed by atoms with E-state index in [2.05, 4.69) is 5.10 Å². The number of hydrogen-bond donors (Lipinski definition) is 0. The van der Waals surface area contributed by atoms with Crippen LogP contribution in [0.2, 0.25) is 5.02 Å². The molecule has 24 heavy (non-hydrogen) atoms. The molecule has 1 heterocycles. The number of carbonyl (C=O) groups excluding carboxylic acids is 2. The number of aryl methyl sites for hydroxylation is 1. The number of carbonyl (C=O) groups is 2. The summed E-state index contributed by atoms with van der Waals surface area (Å²) in [5, 5.41) is 6.22. The molecule has 0 amide bonds. The molecular formula is C17H21ClN2O4. The van der Waals surface area contributed by atoms with Gasteiger partial charge in [0.15, 0.2) is 5.54 Å². The number of esters is 2. The van der Waals surface area contributed by atoms with Gasteiger partial charge in [-0.05, 0) is 45.4 Å². The summed E-state index contributed by atoms with van der Waals surface area (Å²) < 4.78 is 10.2. The Bertz CT molecular complexity index is 689. The zero-order chi connectivity index (χ0) is 17.9. The van der Waals surface area contributed by atoms with E-state index in [1.54, 1.807) is 32.9 Å². The Hall–Kier alpha value is -2.08. The van der Waals surface area contributed by atoms with E-state index in [1.807, 2.05) is 13.0 Å². The molecule has 0 spiro atoms. The van der Waals surface area contributed by atoms with Crippen molar-refractivity contribution in [2.45, 2.75) is 39.7 Å². The van der Waals surface area contributed by atoms with Gasteiger partial charge in [-0.1, -0.05) is 17.7 Å². The van der Waals surface area contributed by atoms with Gasteiger partial charge in [0, 0.05) is 6.42 Å². The normalized spacial score (nSPS) is 19.9. The number of hydrazone groups is 1. The molecule has 6 nitrogen and oxygen atoms in total. The van der Waals surface area contributed by atoms with Crippen molar-refractivity contribution in [1.29, 1.82) is 0 Å². The number of rotatable bonds is 5. The summed E-state index contributed by atoms with van der Waals surface area (Å²) in [6, 6.07) is 5.41. The van der Waals surface area contributed by atoms with E-state index in [9.17, 15) is 9.59 Å². The highest BCUT2D eigenvalue weighted by Gasteiger charge is 2.49. The number of hydrogen-bond acceptors (Lipinski definition) is 6. The van der Waals surface area contributed by atoms with Crippen LogP contribution >= 0.6 is 11.6 Å². The molecule has 0 aliphatic carbocycles. The van der Waals surface area contributed by atoms with Gasteiger partial charge in [-0.15, -0.1) is 0 Å². The molecule has 1 aliphatic rings. The van der Waals surface area contributed by atoms with E-state index >= 15 is 0 Å². The molecule has 7 heteroatoms. The lowest BCUT2D eigenvalue weighted by molar-refractivity contribution is -0.148. The highest BCUT2D eigenvalue weighted by Crippen LogP contribution is 2.38. The molecule has 0 fully saturated rings. The zero-order valence-electron chi connectivity index (χ0n) is 14.3. The lowest BCUT2D eigenvalue weighted by atomic mass is 9.95. The van der Waals surface area contributed by atoms with Crippen molar-refractivity contribution in [2.75, 3.05) is 18.2 Å². The fraction of sp³-hybridized carbons (Fsp3) is 0.471. The Morgan fingerprint density at radius 1 is 1.29 bits per heavy atom. The Morgan fingerprint density at radius 2 is 1.96 bits per heavy atom. The van der Waals surface area contributed by atoms with Crippen LogP contribution in [0.25, 0.3) is 0 Å². The first kappa shape index (κ1) is 18.3. The Kier molecular flexibility index (Phi) is 5.49. The molecule has 0 saturated heterocycles. The molecule has 1 unspecified atom stereocenters. The number of nitrogens with zero attached hydrogens (tertiary/aromatic N) is 2. The van der Waals surface area contributed by atoms with Gasteiger partial charge in [-0.25, -0.2) is 14.6 Å². The lowest BCUT2D eigenvalue weighted by Crippen LogP contribution is -2.48. The Morgan fingerprint density at radius 3 is 2.54 bits per heavy atom. The van der Waals surface area contributed by atoms with Crippen LogP contribution in [0, 0.1) is 6.92 Å². The van der Waals surface area contributed by atoms with Gasteiger partial charge >= 0.3 is 11.9 Å². The number of halogens is 1. The van der Waals surface area contributed by atoms with E-state index in [0.29, 0.717) is 10.7 Å². The zero-order valence-corrected chi connectivity index (χ0v) is 15.0. The molecule has 0 N–H and O–H groups in total. The second-order valence-electron chi connectivity index (χ2n) is 5.70. The van der Waals surface area contributed by atoms with Gasteiger partial charge in [-0.2, -0.15) is 5.10 Å². The maximum Gasteiger partial charge on any atom is 0.354 e. The molecule has 0 saturated carbocycles. The second-order valence-corrected chi connectivity index (χ2v) is 6.11. The summed E-state index contributed by atoms with van der Waals surface area (Å²) in [6.45, 7) is 7.51. The van der Waals surface area contributed by atoms with Gasteiger partial charge in [0.2, 0.25) is 0 Å². The minimum absolute atomic E-state index is 0.0921. The number of benzene rings is 1. The maximum absolute atomic E-state index is 12.5. The van der Waals surface area contributed by atoms with Crippen LogP contribution in [0.15, 0.2) is 23.3 Å². The molecule has 1 aliphatic heterocycles. The highest BCUT2D eigenvalue weighted by atomic mass is 35.5. The SMILES string of the molecule is CCOC(=O)C1=NN(c2ccc(C)cc2Cl)C(C)(C(=O)OCC)C1. The summed E-state index contributed by atoms with van der Waals surface area (Å²) in [4.78, 5) is 24.6. The van der Waals surface area contributed by atoms with Crippen molar-refractivity contribution in [3.05, 3.63) is 28.8 Å². The average molecular weight is 353 g/mol. The van der Waals surface area contributed by atoms with Crippen LogP contribution in [0.5, 0.6) is 0 Å². The summed E-state index contributed by atoms with van der Waals surface area (Å²) in [5.74, 6) is -1.01. The minimum Gasteiger partial charge on any atom is -0.464 e. The number of ether oxygens (including phenoxy) is 2. The first-order chi connectivity index (χ1) is 11.3. The monoisotopic (exact) mass is 352 g/mol. The molecule has 1 atom stereocenters. The summed E-state index contributed by atoms with van der Waals surface area (Å²) in [6.07, 6.45) is 0.0921. The first-order valence-electron chi connectivity index (χ1n) is 7.81. The van der Waals surface area contributed by atoms with E-state index in [0.717, 1.165) is 5.56 Å². The van der Waals surface area contributed by atoms with E-state index < -0.39 is 17.5 Å². The van der Waals surface area contributed by atoms with Gasteiger partial charge < -0.3 is 9.47 Å². The van der Waals surface area contributed by atoms with Crippen LogP contribution in [-0.4, -0.2) is 36.4 Å². The number of anilines is 1. The minimum atomic E-state index is -1.16. The molecular weight excluding hydrogens is 332 g/mol. The van der Waals surface area contributed by atoms with Crippen molar-refractivity contribution in [3.63, 3.8) is 0 Å². The lowest BCUT2D eigenvalue weighted by Gasteiger charge is -2.32. The fourth-order valence-electron chi connectivity index (χ4n) is 2.54. The average Bonchev–Trinajstić information content (AvgIpc) is 2.87. The summed E-state index contributed by atoms with van der Waals surface area (Å²) in [7, 11) is 0. The summed E-state index contributed by atoms with van der Waals surface area (Å²) in [5.41, 5.74) is 0.535. The predicted molar refractivity (Wildman–Crippen MR) is 92.4 cm³/mol. The van der Waals surface area contributed by atoms with Gasteiger partial charge in [0.25, 0.3) is 0 Å². The van der Waals surface area contributed by atoms with Gasteiger partial charge in [0.1, 0.15) is 5.71 Å². The van der Waals surface area contributed by atoms with E-state index in [4.69, 9.17) is 21.1 Å². The van der Waals surface area contributed by atoms with Crippen LogP contribution in [-0.2, 0) is 19.1 Å². The maximum atomic E-state index is 12.5. The third kappa shape index (κ3) is 3.38. The van der Waals surface area contributed by atoms with Crippen LogP contribution < -0.4 is 5.01 Å². The van der Waals surface area contributed by atoms with Crippen LogP contribution in [0.3, 0.4) is 0 Å². The second kappa shape index (κ2) is 7.21. The quantitative estimate of drug-likeness (QED) is 0.762. The predicted octanol–water partition coefficient (Wildman–Crippen LogP) is 3.10. The van der Waals surface area contributed by atoms with Crippen molar-refractivity contribution in [3.8, 4) is 0 Å². The third-order valence-corrected chi connectivity index (χ3v) is 4.06. The van der Waals surface area contributed by atoms with Crippen molar-refractivity contribution < 1.29 is 19.1 Å². The Labute approximate surface area is 146 Å². The van der Waals surface area contributed by atoms with E-state index in [-0.39, 0.29) is 25.3 Å². The van der Waals surface area contributed by atoms with Crippen LogP contribution in [0.1, 0.15) is 32.8 Å². The smallest absolute Gasteiger partial charge is 0.354 e. The summed E-state index contributed by atoms with van der Waals surface area (Å²) >= 11 is 6.33. The third-order valence-electron chi connectivity index (χ3n) is 3.76. The topological polar surface area (TPSA) is 68.2 Å². The van der Waals surface area contributed by atoms with E-state index in [1.165, 1.54) is 5.01 Å².